The third-order valence-electron chi connectivity index (χ3n) is 2.86. The summed E-state index contributed by atoms with van der Waals surface area (Å²) in [5.41, 5.74) is 0.809. The van der Waals surface area contributed by atoms with Crippen molar-refractivity contribution >= 4 is 23.5 Å². The molecule has 1 fully saturated rings. The topological polar surface area (TPSA) is 55.4 Å². The van der Waals surface area contributed by atoms with Crippen LogP contribution >= 0.6 is 11.6 Å². The highest BCUT2D eigenvalue weighted by atomic mass is 35.5. The highest BCUT2D eigenvalue weighted by Crippen LogP contribution is 2.18. The zero-order valence-corrected chi connectivity index (χ0v) is 11.4. The monoisotopic (exact) mass is 281 g/mol. The Bertz CT molecular complexity index is 468. The molecule has 0 aliphatic heterocycles. The molecule has 1 amide bonds. The lowest BCUT2D eigenvalue weighted by Crippen LogP contribution is -2.37. The van der Waals surface area contributed by atoms with Crippen molar-refractivity contribution in [1.82, 2.24) is 5.32 Å². The number of ether oxygens (including phenoxy) is 1. The standard InChI is InChI=1S/C14H16ClNO3/c1-9(14(18)16-12-6-7-12)19-13(17)8-10-2-4-11(15)5-3-10/h2-5,9,12H,6-8H2,1H3,(H,16,18)/t9-/m0/s1. The van der Waals surface area contributed by atoms with Crippen molar-refractivity contribution in [1.29, 1.82) is 0 Å². The molecule has 4 nitrogen and oxygen atoms in total. The largest absolute Gasteiger partial charge is 0.452 e. The smallest absolute Gasteiger partial charge is 0.311 e. The number of carbonyl (C=O) groups is 2. The van der Waals surface area contributed by atoms with E-state index in [9.17, 15) is 9.59 Å². The fourth-order valence-corrected chi connectivity index (χ4v) is 1.73. The molecule has 5 heteroatoms. The molecule has 1 saturated carbocycles. The minimum absolute atomic E-state index is 0.137. The first-order valence-electron chi connectivity index (χ1n) is 6.29. The molecule has 0 spiro atoms. The van der Waals surface area contributed by atoms with Gasteiger partial charge in [-0.3, -0.25) is 9.59 Å². The van der Waals surface area contributed by atoms with Crippen molar-refractivity contribution < 1.29 is 14.3 Å². The van der Waals surface area contributed by atoms with E-state index >= 15 is 0 Å². The van der Waals surface area contributed by atoms with Crippen LogP contribution in [0, 0.1) is 0 Å². The zero-order chi connectivity index (χ0) is 13.8. The Kier molecular flexibility index (Phi) is 4.43. The summed E-state index contributed by atoms with van der Waals surface area (Å²) < 4.78 is 5.09. The lowest BCUT2D eigenvalue weighted by atomic mass is 10.1. The van der Waals surface area contributed by atoms with Gasteiger partial charge in [-0.1, -0.05) is 23.7 Å². The number of carbonyl (C=O) groups excluding carboxylic acids is 2. The molecule has 1 atom stereocenters. The second-order valence-electron chi connectivity index (χ2n) is 4.72. The van der Waals surface area contributed by atoms with Crippen LogP contribution in [0.5, 0.6) is 0 Å². The summed E-state index contributed by atoms with van der Waals surface area (Å²) in [6.45, 7) is 1.58. The van der Waals surface area contributed by atoms with Crippen LogP contribution < -0.4 is 5.32 Å². The highest BCUT2D eigenvalue weighted by molar-refractivity contribution is 6.30. The second kappa shape index (κ2) is 6.06. The Labute approximate surface area is 117 Å². The first-order chi connectivity index (χ1) is 9.04. The van der Waals surface area contributed by atoms with E-state index < -0.39 is 12.1 Å². The van der Waals surface area contributed by atoms with Crippen molar-refractivity contribution in [3.05, 3.63) is 34.9 Å². The van der Waals surface area contributed by atoms with Crippen molar-refractivity contribution in [2.24, 2.45) is 0 Å². The van der Waals surface area contributed by atoms with Gasteiger partial charge in [0.15, 0.2) is 6.10 Å². The second-order valence-corrected chi connectivity index (χ2v) is 5.15. The lowest BCUT2D eigenvalue weighted by Gasteiger charge is -2.13. The summed E-state index contributed by atoms with van der Waals surface area (Å²) in [6, 6.07) is 7.22. The van der Waals surface area contributed by atoms with Gasteiger partial charge in [0.25, 0.3) is 5.91 Å². The fraction of sp³-hybridized carbons (Fsp3) is 0.429. The van der Waals surface area contributed by atoms with Crippen molar-refractivity contribution in [2.45, 2.75) is 38.3 Å². The maximum atomic E-state index is 11.7. The van der Waals surface area contributed by atoms with Crippen LogP contribution in [0.15, 0.2) is 24.3 Å². The van der Waals surface area contributed by atoms with Gasteiger partial charge in [-0.25, -0.2) is 0 Å². The Morgan fingerprint density at radius 1 is 1.37 bits per heavy atom. The van der Waals surface area contributed by atoms with Crippen molar-refractivity contribution in [3.8, 4) is 0 Å². The quantitative estimate of drug-likeness (QED) is 0.841. The van der Waals surface area contributed by atoms with E-state index in [4.69, 9.17) is 16.3 Å². The zero-order valence-electron chi connectivity index (χ0n) is 10.7. The maximum Gasteiger partial charge on any atom is 0.311 e. The number of halogens is 1. The van der Waals surface area contributed by atoms with Gasteiger partial charge < -0.3 is 10.1 Å². The number of nitrogens with one attached hydrogen (secondary N) is 1. The summed E-state index contributed by atoms with van der Waals surface area (Å²) in [5.74, 6) is -0.646. The number of hydrogen-bond acceptors (Lipinski definition) is 3. The van der Waals surface area contributed by atoms with Gasteiger partial charge in [-0.2, -0.15) is 0 Å². The van der Waals surface area contributed by atoms with Crippen molar-refractivity contribution in [2.75, 3.05) is 0 Å². The van der Waals surface area contributed by atoms with Gasteiger partial charge in [0.05, 0.1) is 6.42 Å². The number of esters is 1. The SMILES string of the molecule is C[C@H](OC(=O)Cc1ccc(Cl)cc1)C(=O)NC1CC1. The Morgan fingerprint density at radius 2 is 2.00 bits per heavy atom. The van der Waals surface area contributed by atoms with E-state index in [2.05, 4.69) is 5.32 Å². The number of hydrogen-bond donors (Lipinski definition) is 1. The molecule has 1 aliphatic carbocycles. The molecule has 0 radical (unpaired) electrons. The molecule has 1 aliphatic rings. The molecule has 2 rings (SSSR count). The number of rotatable bonds is 5. The van der Waals surface area contributed by atoms with E-state index in [0.717, 1.165) is 18.4 Å². The minimum Gasteiger partial charge on any atom is -0.452 e. The van der Waals surface area contributed by atoms with Gasteiger partial charge in [0.2, 0.25) is 0 Å². The first-order valence-corrected chi connectivity index (χ1v) is 6.66. The number of benzene rings is 1. The molecule has 19 heavy (non-hydrogen) atoms. The van der Waals surface area contributed by atoms with E-state index in [-0.39, 0.29) is 18.4 Å². The number of amides is 1. The molecule has 0 unspecified atom stereocenters. The average Bonchev–Trinajstić information content (AvgIpc) is 3.16. The van der Waals surface area contributed by atoms with Gasteiger partial charge in [0.1, 0.15) is 0 Å². The first kappa shape index (κ1) is 13.9. The summed E-state index contributed by atoms with van der Waals surface area (Å²) in [4.78, 5) is 23.3. The molecular formula is C14H16ClNO3. The van der Waals surface area contributed by atoms with E-state index in [1.54, 1.807) is 31.2 Å². The molecule has 102 valence electrons. The van der Waals surface area contributed by atoms with Crippen LogP contribution in [0.2, 0.25) is 5.02 Å². The van der Waals surface area contributed by atoms with Crippen LogP contribution in [0.25, 0.3) is 0 Å². The summed E-state index contributed by atoms with van der Waals surface area (Å²) in [5, 5.41) is 3.42. The average molecular weight is 282 g/mol. The molecule has 0 heterocycles. The highest BCUT2D eigenvalue weighted by Gasteiger charge is 2.27. The molecule has 0 bridgehead atoms. The predicted molar refractivity (Wildman–Crippen MR) is 71.9 cm³/mol. The summed E-state index contributed by atoms with van der Waals surface area (Å²) >= 11 is 5.76. The van der Waals surface area contributed by atoms with Crippen molar-refractivity contribution in [3.63, 3.8) is 0 Å². The van der Waals surface area contributed by atoms with E-state index in [1.807, 2.05) is 0 Å². The van der Waals surface area contributed by atoms with Gasteiger partial charge >= 0.3 is 5.97 Å². The Morgan fingerprint density at radius 3 is 2.58 bits per heavy atom. The third-order valence-corrected chi connectivity index (χ3v) is 3.11. The third kappa shape index (κ3) is 4.56. The van der Waals surface area contributed by atoms with Crippen LogP contribution in [-0.4, -0.2) is 24.0 Å². The lowest BCUT2D eigenvalue weighted by molar-refractivity contribution is -0.154. The van der Waals surface area contributed by atoms with Crippen LogP contribution in [-0.2, 0) is 20.7 Å². The molecule has 1 N–H and O–H groups in total. The molecule has 0 saturated heterocycles. The van der Waals surface area contributed by atoms with Gasteiger partial charge in [-0.15, -0.1) is 0 Å². The molecule has 1 aromatic rings. The Balaban J connectivity index is 1.79. The Hall–Kier alpha value is -1.55. The minimum atomic E-state index is -0.750. The molecule has 1 aromatic carbocycles. The van der Waals surface area contributed by atoms with E-state index in [1.165, 1.54) is 0 Å². The maximum absolute atomic E-state index is 11.7. The predicted octanol–water partition coefficient (Wildman–Crippen LogP) is 2.09. The van der Waals surface area contributed by atoms with E-state index in [0.29, 0.717) is 5.02 Å². The normalized spacial score (nSPS) is 15.7. The van der Waals surface area contributed by atoms with Crippen LogP contribution in [0.4, 0.5) is 0 Å². The summed E-state index contributed by atoms with van der Waals surface area (Å²) in [7, 11) is 0. The fourth-order valence-electron chi connectivity index (χ4n) is 1.61. The van der Waals surface area contributed by atoms with Gasteiger partial charge in [-0.05, 0) is 37.5 Å². The molecular weight excluding hydrogens is 266 g/mol. The molecule has 0 aromatic heterocycles. The van der Waals surface area contributed by atoms with Crippen LogP contribution in [0.3, 0.4) is 0 Å². The van der Waals surface area contributed by atoms with Crippen LogP contribution in [0.1, 0.15) is 25.3 Å². The van der Waals surface area contributed by atoms with Gasteiger partial charge in [0, 0.05) is 11.1 Å². The summed E-state index contributed by atoms with van der Waals surface area (Å²) in [6.07, 6.45) is 1.41.